The molecule has 0 aromatic heterocycles. The molecule has 0 aliphatic heterocycles. The summed E-state index contributed by atoms with van der Waals surface area (Å²) < 4.78 is 13.9. The lowest BCUT2D eigenvalue weighted by atomic mass is 10.2. The minimum Gasteiger partial charge on any atom is -0.242 e. The summed E-state index contributed by atoms with van der Waals surface area (Å²) in [4.78, 5) is 0. The van der Waals surface area contributed by atoms with E-state index in [0.717, 1.165) is 6.42 Å². The van der Waals surface area contributed by atoms with Crippen molar-refractivity contribution < 1.29 is 4.21 Å². The Bertz CT molecular complexity index is 250. The first kappa shape index (κ1) is 12.8. The van der Waals surface area contributed by atoms with Crippen molar-refractivity contribution in [2.75, 3.05) is 0 Å². The predicted molar refractivity (Wildman–Crippen MR) is 63.0 cm³/mol. The zero-order valence-corrected chi connectivity index (χ0v) is 11.3. The smallest absolute Gasteiger partial charge is 0.123 e. The van der Waals surface area contributed by atoms with Gasteiger partial charge in [0.05, 0.1) is 15.7 Å². The van der Waals surface area contributed by atoms with Gasteiger partial charge in [-0.2, -0.15) is 0 Å². The topological polar surface area (TPSA) is 29.1 Å². The van der Waals surface area contributed by atoms with E-state index in [-0.39, 0.29) is 16.7 Å². The number of hydrogen-bond acceptors (Lipinski definition) is 1. The third-order valence-electron chi connectivity index (χ3n) is 2.33. The second kappa shape index (κ2) is 3.93. The zero-order chi connectivity index (χ0) is 11.1. The second-order valence-electron chi connectivity index (χ2n) is 4.86. The standard InChI is InChI=1S/C9H17Cl2NOS/c1-6(7-5-9(7,10)11)12-14(13)8(2,3)4/h6-7,12H,5H2,1-4H3/t6-,7+,14?/m0/s1. The highest BCUT2D eigenvalue weighted by Gasteiger charge is 2.54. The van der Waals surface area contributed by atoms with Crippen molar-refractivity contribution in [2.24, 2.45) is 5.92 Å². The largest absolute Gasteiger partial charge is 0.242 e. The number of alkyl halides is 2. The van der Waals surface area contributed by atoms with Gasteiger partial charge in [-0.3, -0.25) is 0 Å². The molecule has 3 atom stereocenters. The van der Waals surface area contributed by atoms with Gasteiger partial charge >= 0.3 is 0 Å². The molecule has 84 valence electrons. The van der Waals surface area contributed by atoms with Gasteiger partial charge in [-0.1, -0.05) is 0 Å². The molecule has 2 nitrogen and oxygen atoms in total. The molecular formula is C9H17Cl2NOS. The van der Waals surface area contributed by atoms with Crippen LogP contribution in [-0.4, -0.2) is 19.3 Å². The van der Waals surface area contributed by atoms with Crippen LogP contribution in [0.3, 0.4) is 0 Å². The molecule has 0 amide bonds. The molecule has 1 rings (SSSR count). The molecule has 1 saturated carbocycles. The van der Waals surface area contributed by atoms with Crippen molar-refractivity contribution in [2.45, 2.75) is 49.2 Å². The van der Waals surface area contributed by atoms with Gasteiger partial charge in [0.1, 0.15) is 4.33 Å². The Morgan fingerprint density at radius 2 is 1.93 bits per heavy atom. The highest BCUT2D eigenvalue weighted by atomic mass is 35.5. The summed E-state index contributed by atoms with van der Waals surface area (Å²) in [6, 6.07) is 0.102. The molecule has 1 aliphatic rings. The van der Waals surface area contributed by atoms with Crippen LogP contribution in [0.4, 0.5) is 0 Å². The molecule has 0 spiro atoms. The van der Waals surface area contributed by atoms with E-state index in [1.807, 2.05) is 27.7 Å². The van der Waals surface area contributed by atoms with Crippen molar-refractivity contribution >= 4 is 34.2 Å². The quantitative estimate of drug-likeness (QED) is 0.775. The number of halogens is 2. The van der Waals surface area contributed by atoms with Gasteiger partial charge in [0.15, 0.2) is 0 Å². The number of nitrogens with one attached hydrogen (secondary N) is 1. The molecule has 1 unspecified atom stereocenters. The van der Waals surface area contributed by atoms with Gasteiger partial charge in [-0.15, -0.1) is 23.2 Å². The highest BCUT2D eigenvalue weighted by molar-refractivity contribution is 7.84. The zero-order valence-electron chi connectivity index (χ0n) is 8.93. The summed E-state index contributed by atoms with van der Waals surface area (Å²) in [5.41, 5.74) is 0. The van der Waals surface area contributed by atoms with E-state index in [1.54, 1.807) is 0 Å². The highest BCUT2D eigenvalue weighted by Crippen LogP contribution is 2.54. The van der Waals surface area contributed by atoms with Crippen LogP contribution in [-0.2, 0) is 11.0 Å². The molecular weight excluding hydrogens is 241 g/mol. The van der Waals surface area contributed by atoms with Crippen molar-refractivity contribution in [1.29, 1.82) is 0 Å². The van der Waals surface area contributed by atoms with Crippen LogP contribution in [0.15, 0.2) is 0 Å². The van der Waals surface area contributed by atoms with Crippen LogP contribution in [0.2, 0.25) is 0 Å². The Balaban J connectivity index is 2.43. The SMILES string of the molecule is C[C@H](NS(=O)C(C)(C)C)[C@H]1CC1(Cl)Cl. The Morgan fingerprint density at radius 1 is 1.50 bits per heavy atom. The lowest BCUT2D eigenvalue weighted by Crippen LogP contribution is -2.40. The fourth-order valence-electron chi connectivity index (χ4n) is 1.20. The third kappa shape index (κ3) is 3.09. The van der Waals surface area contributed by atoms with E-state index in [9.17, 15) is 4.21 Å². The molecule has 1 fully saturated rings. The predicted octanol–water partition coefficient (Wildman–Crippen LogP) is 2.62. The molecule has 0 radical (unpaired) electrons. The first-order chi connectivity index (χ1) is 6.14. The van der Waals surface area contributed by atoms with E-state index in [2.05, 4.69) is 4.72 Å². The third-order valence-corrected chi connectivity index (χ3v) is 4.89. The monoisotopic (exact) mass is 257 g/mol. The van der Waals surface area contributed by atoms with Crippen molar-refractivity contribution in [3.8, 4) is 0 Å². The van der Waals surface area contributed by atoms with Crippen LogP contribution in [0, 0.1) is 5.92 Å². The molecule has 5 heteroatoms. The van der Waals surface area contributed by atoms with Crippen molar-refractivity contribution in [3.05, 3.63) is 0 Å². The minimum absolute atomic E-state index is 0.102. The molecule has 1 aliphatic carbocycles. The molecule has 0 aromatic carbocycles. The van der Waals surface area contributed by atoms with Crippen molar-refractivity contribution in [3.63, 3.8) is 0 Å². The molecule has 0 heterocycles. The van der Waals surface area contributed by atoms with E-state index >= 15 is 0 Å². The normalized spacial score (nSPS) is 29.7. The average molecular weight is 258 g/mol. The van der Waals surface area contributed by atoms with Crippen LogP contribution in [0.25, 0.3) is 0 Å². The Labute approximate surface area is 98.3 Å². The Hall–Kier alpha value is 0.690. The second-order valence-corrected chi connectivity index (χ2v) is 8.40. The van der Waals surface area contributed by atoms with Gasteiger partial charge in [0.25, 0.3) is 0 Å². The van der Waals surface area contributed by atoms with Crippen LogP contribution < -0.4 is 4.72 Å². The molecule has 14 heavy (non-hydrogen) atoms. The van der Waals surface area contributed by atoms with Crippen LogP contribution in [0.1, 0.15) is 34.1 Å². The van der Waals surface area contributed by atoms with Gasteiger partial charge < -0.3 is 0 Å². The lowest BCUT2D eigenvalue weighted by Gasteiger charge is -2.22. The van der Waals surface area contributed by atoms with E-state index < -0.39 is 15.3 Å². The summed E-state index contributed by atoms with van der Waals surface area (Å²) in [5, 5.41) is 0. The van der Waals surface area contributed by atoms with Crippen molar-refractivity contribution in [1.82, 2.24) is 4.72 Å². The minimum atomic E-state index is -1.05. The first-order valence-electron chi connectivity index (χ1n) is 4.70. The Kier molecular flexibility index (Phi) is 3.58. The average Bonchev–Trinajstić information content (AvgIpc) is 2.57. The lowest BCUT2D eigenvalue weighted by molar-refractivity contribution is 0.565. The van der Waals surface area contributed by atoms with E-state index in [4.69, 9.17) is 23.2 Å². The fraction of sp³-hybridized carbons (Fsp3) is 1.00. The summed E-state index contributed by atoms with van der Waals surface area (Å²) >= 11 is 11.9. The summed E-state index contributed by atoms with van der Waals surface area (Å²) in [7, 11) is -1.05. The van der Waals surface area contributed by atoms with E-state index in [1.165, 1.54) is 0 Å². The number of hydrogen-bond donors (Lipinski definition) is 1. The molecule has 0 saturated heterocycles. The maximum absolute atomic E-state index is 11.7. The van der Waals surface area contributed by atoms with Gasteiger partial charge in [0, 0.05) is 12.0 Å². The summed E-state index contributed by atoms with van der Waals surface area (Å²) in [6.07, 6.45) is 0.783. The van der Waals surface area contributed by atoms with Gasteiger partial charge in [-0.25, -0.2) is 8.93 Å². The van der Waals surface area contributed by atoms with Gasteiger partial charge in [-0.05, 0) is 34.1 Å². The Morgan fingerprint density at radius 3 is 2.21 bits per heavy atom. The van der Waals surface area contributed by atoms with Gasteiger partial charge in [0.2, 0.25) is 0 Å². The maximum Gasteiger partial charge on any atom is 0.123 e. The summed E-state index contributed by atoms with van der Waals surface area (Å²) in [5.74, 6) is 0.220. The number of rotatable bonds is 3. The molecule has 0 bridgehead atoms. The van der Waals surface area contributed by atoms with Crippen LogP contribution in [0.5, 0.6) is 0 Å². The first-order valence-corrected chi connectivity index (χ1v) is 6.61. The molecule has 0 aromatic rings. The maximum atomic E-state index is 11.7. The van der Waals surface area contributed by atoms with E-state index in [0.29, 0.717) is 0 Å². The summed E-state index contributed by atoms with van der Waals surface area (Å²) in [6.45, 7) is 7.78. The van der Waals surface area contributed by atoms with Crippen LogP contribution >= 0.6 is 23.2 Å². The fourth-order valence-corrected chi connectivity index (χ4v) is 2.77. The molecule has 1 N–H and O–H groups in total.